The molecular formula is C7H13N3O3S. The number of nitrogens with one attached hydrogen (secondary N) is 2. The van der Waals surface area contributed by atoms with Gasteiger partial charge >= 0.3 is 0 Å². The Balaban J connectivity index is 2.77. The molecule has 0 radical (unpaired) electrons. The number of H-pyrrole nitrogens is 1. The molecule has 6 nitrogen and oxygen atoms in total. The Hall–Kier alpha value is -0.920. The van der Waals surface area contributed by atoms with Crippen molar-refractivity contribution < 1.29 is 13.5 Å². The largest absolute Gasteiger partial charge is 0.395 e. The van der Waals surface area contributed by atoms with E-state index >= 15 is 0 Å². The molecule has 7 heteroatoms. The molecule has 14 heavy (non-hydrogen) atoms. The maximum atomic E-state index is 11.5. The average molecular weight is 219 g/mol. The van der Waals surface area contributed by atoms with Crippen molar-refractivity contribution in [3.8, 4) is 0 Å². The minimum absolute atomic E-state index is 0.00407. The molecule has 0 spiro atoms. The van der Waals surface area contributed by atoms with Gasteiger partial charge in [-0.15, -0.1) is 0 Å². The van der Waals surface area contributed by atoms with Crippen molar-refractivity contribution in [2.45, 2.75) is 24.4 Å². The van der Waals surface area contributed by atoms with Crippen LogP contribution in [-0.2, 0) is 10.0 Å². The summed E-state index contributed by atoms with van der Waals surface area (Å²) in [4.78, 5) is 0. The standard InChI is InChI=1S/C7H13N3O3S/c1-2-6(5-11)10-14(12,13)7-3-4-8-9-7/h3-4,6,10-11H,2,5H2,1H3,(H,8,9)/t6-/m1/s1. The number of aromatic amines is 1. The van der Waals surface area contributed by atoms with E-state index in [0.717, 1.165) is 0 Å². The fourth-order valence-corrected chi connectivity index (χ4v) is 2.15. The van der Waals surface area contributed by atoms with E-state index in [-0.39, 0.29) is 11.6 Å². The van der Waals surface area contributed by atoms with Crippen molar-refractivity contribution in [2.75, 3.05) is 6.61 Å². The van der Waals surface area contributed by atoms with Gasteiger partial charge in [0, 0.05) is 6.04 Å². The van der Waals surface area contributed by atoms with Crippen LogP contribution in [0, 0.1) is 0 Å². The lowest BCUT2D eigenvalue weighted by Crippen LogP contribution is -2.37. The van der Waals surface area contributed by atoms with Crippen molar-refractivity contribution in [3.63, 3.8) is 0 Å². The Morgan fingerprint density at radius 3 is 2.86 bits per heavy atom. The normalized spacial score (nSPS) is 14.1. The van der Waals surface area contributed by atoms with Crippen LogP contribution in [0.4, 0.5) is 0 Å². The first-order valence-corrected chi connectivity index (χ1v) is 5.71. The van der Waals surface area contributed by atoms with Gasteiger partial charge in [0.15, 0.2) is 5.03 Å². The number of nitrogens with zero attached hydrogens (tertiary/aromatic N) is 1. The van der Waals surface area contributed by atoms with Crippen LogP contribution in [0.15, 0.2) is 17.3 Å². The Kier molecular flexibility index (Phi) is 3.62. The van der Waals surface area contributed by atoms with Gasteiger partial charge in [-0.2, -0.15) is 5.10 Å². The summed E-state index contributed by atoms with van der Waals surface area (Å²) in [6, 6.07) is 0.898. The van der Waals surface area contributed by atoms with Crippen LogP contribution < -0.4 is 4.72 Å². The molecule has 80 valence electrons. The van der Waals surface area contributed by atoms with Crippen LogP contribution >= 0.6 is 0 Å². The second kappa shape index (κ2) is 4.54. The highest BCUT2D eigenvalue weighted by Crippen LogP contribution is 2.04. The first-order chi connectivity index (χ1) is 6.60. The van der Waals surface area contributed by atoms with E-state index in [1.54, 1.807) is 6.92 Å². The van der Waals surface area contributed by atoms with Gasteiger partial charge in [-0.25, -0.2) is 13.1 Å². The molecule has 1 aromatic rings. The fourth-order valence-electron chi connectivity index (χ4n) is 0.925. The molecule has 0 unspecified atom stereocenters. The van der Waals surface area contributed by atoms with E-state index in [1.807, 2.05) is 0 Å². The second-order valence-corrected chi connectivity index (χ2v) is 4.51. The highest BCUT2D eigenvalue weighted by atomic mass is 32.2. The minimum Gasteiger partial charge on any atom is -0.395 e. The molecule has 1 heterocycles. The van der Waals surface area contributed by atoms with Crippen LogP contribution in [0.25, 0.3) is 0 Å². The quantitative estimate of drug-likeness (QED) is 0.619. The van der Waals surface area contributed by atoms with Gasteiger partial charge in [0.25, 0.3) is 10.0 Å². The van der Waals surface area contributed by atoms with Crippen LogP contribution in [0.1, 0.15) is 13.3 Å². The molecule has 0 fully saturated rings. The second-order valence-electron chi connectivity index (χ2n) is 2.83. The van der Waals surface area contributed by atoms with Gasteiger partial charge in [-0.3, -0.25) is 5.10 Å². The van der Waals surface area contributed by atoms with E-state index in [0.29, 0.717) is 6.42 Å². The summed E-state index contributed by atoms with van der Waals surface area (Å²) < 4.78 is 25.4. The number of hydrogen-bond acceptors (Lipinski definition) is 4. The number of hydrogen-bond donors (Lipinski definition) is 3. The third-order valence-electron chi connectivity index (χ3n) is 1.80. The Bertz CT molecular complexity index is 356. The fraction of sp³-hybridized carbons (Fsp3) is 0.571. The third kappa shape index (κ3) is 2.53. The lowest BCUT2D eigenvalue weighted by molar-refractivity contribution is 0.253. The average Bonchev–Trinajstić information content (AvgIpc) is 2.67. The van der Waals surface area contributed by atoms with Crippen LogP contribution in [0.5, 0.6) is 0 Å². The summed E-state index contributed by atoms with van der Waals surface area (Å²) in [5, 5.41) is 14.7. The maximum Gasteiger partial charge on any atom is 0.257 e. The lowest BCUT2D eigenvalue weighted by Gasteiger charge is -2.12. The van der Waals surface area contributed by atoms with Crippen LogP contribution in [0.2, 0.25) is 0 Å². The highest BCUT2D eigenvalue weighted by Gasteiger charge is 2.19. The summed E-state index contributed by atoms with van der Waals surface area (Å²) >= 11 is 0. The van der Waals surface area contributed by atoms with Gasteiger partial charge in [0.1, 0.15) is 0 Å². The van der Waals surface area contributed by atoms with E-state index in [4.69, 9.17) is 5.11 Å². The minimum atomic E-state index is -3.57. The molecule has 0 saturated carbocycles. The molecule has 3 N–H and O–H groups in total. The molecule has 0 amide bonds. The Labute approximate surface area is 82.4 Å². The van der Waals surface area contributed by atoms with Gasteiger partial charge in [0.05, 0.1) is 12.8 Å². The monoisotopic (exact) mass is 219 g/mol. The van der Waals surface area contributed by atoms with E-state index in [1.165, 1.54) is 12.3 Å². The summed E-state index contributed by atoms with van der Waals surface area (Å²) in [7, 11) is -3.57. The van der Waals surface area contributed by atoms with Crippen molar-refractivity contribution in [2.24, 2.45) is 0 Å². The van der Waals surface area contributed by atoms with Crippen LogP contribution in [-0.4, -0.2) is 36.4 Å². The summed E-state index contributed by atoms with van der Waals surface area (Å²) in [5.74, 6) is 0. The predicted molar refractivity (Wildman–Crippen MR) is 50.1 cm³/mol. The Morgan fingerprint density at radius 2 is 2.43 bits per heavy atom. The summed E-state index contributed by atoms with van der Waals surface area (Å²) in [6.45, 7) is 1.57. The molecule has 1 atom stereocenters. The Morgan fingerprint density at radius 1 is 1.71 bits per heavy atom. The molecule has 1 rings (SSSR count). The number of aromatic nitrogens is 2. The highest BCUT2D eigenvalue weighted by molar-refractivity contribution is 7.89. The first-order valence-electron chi connectivity index (χ1n) is 4.22. The molecule has 0 aromatic carbocycles. The van der Waals surface area contributed by atoms with Crippen molar-refractivity contribution in [1.82, 2.24) is 14.9 Å². The van der Waals surface area contributed by atoms with E-state index in [9.17, 15) is 8.42 Å². The summed E-state index contributed by atoms with van der Waals surface area (Å²) in [6.07, 6.45) is 1.89. The molecule has 1 aromatic heterocycles. The predicted octanol–water partition coefficient (Wildman–Crippen LogP) is -0.541. The molecule has 0 bridgehead atoms. The number of aliphatic hydroxyl groups is 1. The van der Waals surface area contributed by atoms with Gasteiger partial charge in [0.2, 0.25) is 0 Å². The zero-order chi connectivity index (χ0) is 10.6. The first kappa shape index (κ1) is 11.2. The number of rotatable bonds is 5. The molecular weight excluding hydrogens is 206 g/mol. The van der Waals surface area contributed by atoms with Crippen molar-refractivity contribution in [1.29, 1.82) is 0 Å². The third-order valence-corrected chi connectivity index (χ3v) is 3.25. The van der Waals surface area contributed by atoms with E-state index < -0.39 is 16.1 Å². The number of aliphatic hydroxyl groups excluding tert-OH is 1. The topological polar surface area (TPSA) is 95.1 Å². The van der Waals surface area contributed by atoms with Crippen LogP contribution in [0.3, 0.4) is 0 Å². The van der Waals surface area contributed by atoms with Crippen molar-refractivity contribution in [3.05, 3.63) is 12.3 Å². The lowest BCUT2D eigenvalue weighted by atomic mass is 10.3. The zero-order valence-corrected chi connectivity index (χ0v) is 8.58. The van der Waals surface area contributed by atoms with Gasteiger partial charge in [-0.1, -0.05) is 6.92 Å². The summed E-state index contributed by atoms with van der Waals surface area (Å²) in [5.41, 5.74) is 0. The van der Waals surface area contributed by atoms with Gasteiger partial charge < -0.3 is 5.11 Å². The molecule has 0 aliphatic carbocycles. The number of sulfonamides is 1. The maximum absolute atomic E-state index is 11.5. The van der Waals surface area contributed by atoms with Crippen molar-refractivity contribution >= 4 is 10.0 Å². The SMILES string of the molecule is CC[C@H](CO)NS(=O)(=O)c1ccn[nH]1. The molecule has 0 aliphatic rings. The smallest absolute Gasteiger partial charge is 0.257 e. The zero-order valence-electron chi connectivity index (χ0n) is 7.77. The van der Waals surface area contributed by atoms with E-state index in [2.05, 4.69) is 14.9 Å². The molecule has 0 aliphatic heterocycles. The van der Waals surface area contributed by atoms with Gasteiger partial charge in [-0.05, 0) is 12.5 Å². The molecule has 0 saturated heterocycles.